The van der Waals surface area contributed by atoms with Crippen molar-refractivity contribution in [1.29, 1.82) is 0 Å². The van der Waals surface area contributed by atoms with Crippen molar-refractivity contribution in [2.45, 2.75) is 79.5 Å². The highest BCUT2D eigenvalue weighted by Gasteiger charge is 2.36. The fourth-order valence-electron chi connectivity index (χ4n) is 4.07. The number of phenols is 1. The maximum atomic E-state index is 13.8. The van der Waals surface area contributed by atoms with Crippen molar-refractivity contribution in [3.05, 3.63) is 58.7 Å². The number of alkyl carbamates (subject to hydrolysis) is 1. The van der Waals surface area contributed by atoms with Gasteiger partial charge in [-0.25, -0.2) is 4.79 Å². The van der Waals surface area contributed by atoms with E-state index in [1.54, 1.807) is 46.9 Å². The number of benzene rings is 2. The van der Waals surface area contributed by atoms with Gasteiger partial charge < -0.3 is 25.4 Å². The van der Waals surface area contributed by atoms with E-state index in [1.165, 1.54) is 11.0 Å². The van der Waals surface area contributed by atoms with Gasteiger partial charge in [0, 0.05) is 12.7 Å². The predicted octanol–water partition coefficient (Wildman–Crippen LogP) is 5.40. The van der Waals surface area contributed by atoms with E-state index in [0.29, 0.717) is 23.2 Å². The van der Waals surface area contributed by atoms with Crippen molar-refractivity contribution < 1.29 is 24.2 Å². The van der Waals surface area contributed by atoms with Gasteiger partial charge in [0.15, 0.2) is 0 Å². The number of aromatic hydroxyl groups is 1. The van der Waals surface area contributed by atoms with E-state index >= 15 is 0 Å². The fraction of sp³-hybridized carbons (Fsp3) is 0.483. The first-order chi connectivity index (χ1) is 17.2. The molecule has 0 aliphatic heterocycles. The molecule has 3 atom stereocenters. The number of aryl methyl sites for hydroxylation is 3. The Morgan fingerprint density at radius 1 is 1.03 bits per heavy atom. The minimum absolute atomic E-state index is 0.0933. The first kappa shape index (κ1) is 29.7. The largest absolute Gasteiger partial charge is 0.508 e. The lowest BCUT2D eigenvalue weighted by Crippen LogP contribution is -2.53. The zero-order valence-electron chi connectivity index (χ0n) is 23.4. The molecule has 0 bridgehead atoms. The lowest BCUT2D eigenvalue weighted by molar-refractivity contribution is -0.140. The van der Waals surface area contributed by atoms with Gasteiger partial charge in [0.25, 0.3) is 5.91 Å². The molecule has 2 aromatic rings. The quantitative estimate of drug-likeness (QED) is 0.440. The Morgan fingerprint density at radius 2 is 1.62 bits per heavy atom. The third kappa shape index (κ3) is 7.71. The van der Waals surface area contributed by atoms with Crippen molar-refractivity contribution in [2.75, 3.05) is 12.4 Å². The summed E-state index contributed by atoms with van der Waals surface area (Å²) in [4.78, 5) is 41.5. The molecule has 0 heterocycles. The highest BCUT2D eigenvalue weighted by molar-refractivity contribution is 5.99. The lowest BCUT2D eigenvalue weighted by atomic mass is 9.95. The number of rotatable bonds is 8. The van der Waals surface area contributed by atoms with Gasteiger partial charge in [-0.3, -0.25) is 9.59 Å². The Labute approximate surface area is 220 Å². The van der Waals surface area contributed by atoms with E-state index in [1.807, 2.05) is 45.9 Å². The molecule has 0 aliphatic rings. The lowest BCUT2D eigenvalue weighted by Gasteiger charge is -2.34. The van der Waals surface area contributed by atoms with Crippen molar-refractivity contribution >= 4 is 23.6 Å². The molecule has 3 amide bonds. The molecule has 2 rings (SSSR count). The summed E-state index contributed by atoms with van der Waals surface area (Å²) >= 11 is 0. The van der Waals surface area contributed by atoms with Crippen LogP contribution in [0.3, 0.4) is 0 Å². The smallest absolute Gasteiger partial charge is 0.408 e. The molecule has 8 nitrogen and oxygen atoms in total. The van der Waals surface area contributed by atoms with Crippen LogP contribution < -0.4 is 10.6 Å². The summed E-state index contributed by atoms with van der Waals surface area (Å²) in [6.45, 7) is 14.6. The van der Waals surface area contributed by atoms with Crippen LogP contribution in [-0.2, 0) is 14.3 Å². The van der Waals surface area contributed by atoms with E-state index in [4.69, 9.17) is 4.74 Å². The van der Waals surface area contributed by atoms with Gasteiger partial charge in [-0.1, -0.05) is 44.5 Å². The molecule has 0 aliphatic carbocycles. The number of para-hydroxylation sites is 1. The second kappa shape index (κ2) is 12.1. The van der Waals surface area contributed by atoms with Crippen molar-refractivity contribution in [3.63, 3.8) is 0 Å². The van der Waals surface area contributed by atoms with E-state index in [2.05, 4.69) is 10.6 Å². The number of likely N-dealkylation sites (N-methyl/N-ethyl adjacent to an activating group) is 1. The number of nitrogens with one attached hydrogen (secondary N) is 2. The Kier molecular flexibility index (Phi) is 9.73. The van der Waals surface area contributed by atoms with Crippen LogP contribution in [0.25, 0.3) is 0 Å². The minimum Gasteiger partial charge on any atom is -0.508 e. The fourth-order valence-corrected chi connectivity index (χ4v) is 4.07. The molecule has 0 saturated carbocycles. The van der Waals surface area contributed by atoms with Gasteiger partial charge in [0.1, 0.15) is 23.4 Å². The molecular weight excluding hydrogens is 470 g/mol. The Bertz CT molecular complexity index is 1120. The summed E-state index contributed by atoms with van der Waals surface area (Å²) in [6, 6.07) is 8.62. The third-order valence-electron chi connectivity index (χ3n) is 6.40. The first-order valence-electron chi connectivity index (χ1n) is 12.6. The summed E-state index contributed by atoms with van der Waals surface area (Å²) in [7, 11) is 1.55. The summed E-state index contributed by atoms with van der Waals surface area (Å²) in [5.74, 6) is -0.951. The molecule has 0 aromatic heterocycles. The number of hydrogen-bond donors (Lipinski definition) is 3. The zero-order valence-corrected chi connectivity index (χ0v) is 23.4. The number of hydrogen-bond acceptors (Lipinski definition) is 5. The number of anilines is 1. The van der Waals surface area contributed by atoms with E-state index in [9.17, 15) is 19.5 Å². The molecule has 0 saturated heterocycles. The van der Waals surface area contributed by atoms with Crippen molar-refractivity contribution in [2.24, 2.45) is 5.92 Å². The Balaban J connectivity index is 2.48. The summed E-state index contributed by atoms with van der Waals surface area (Å²) in [5, 5.41) is 15.8. The second-order valence-electron chi connectivity index (χ2n) is 10.7. The first-order valence-corrected chi connectivity index (χ1v) is 12.6. The van der Waals surface area contributed by atoms with Gasteiger partial charge in [0.05, 0.1) is 0 Å². The van der Waals surface area contributed by atoms with E-state index < -0.39 is 35.6 Å². The average Bonchev–Trinajstić information content (AvgIpc) is 2.80. The van der Waals surface area contributed by atoms with Gasteiger partial charge in [-0.15, -0.1) is 0 Å². The topological polar surface area (TPSA) is 108 Å². The minimum atomic E-state index is -1.02. The normalized spacial score (nSPS) is 13.8. The van der Waals surface area contributed by atoms with Crippen LogP contribution in [0.1, 0.15) is 69.3 Å². The number of amides is 3. The highest BCUT2D eigenvalue weighted by Crippen LogP contribution is 2.29. The van der Waals surface area contributed by atoms with E-state index in [-0.39, 0.29) is 11.7 Å². The molecule has 0 spiro atoms. The second-order valence-corrected chi connectivity index (χ2v) is 10.7. The third-order valence-corrected chi connectivity index (χ3v) is 6.40. The number of ether oxygens (including phenoxy) is 1. The number of phenolic OH excluding ortho intramolecular Hbond substituents is 1. The van der Waals surface area contributed by atoms with Gasteiger partial charge >= 0.3 is 6.09 Å². The Morgan fingerprint density at radius 3 is 2.14 bits per heavy atom. The molecule has 37 heavy (non-hydrogen) atoms. The molecular formula is C29H41N3O5. The zero-order chi connectivity index (χ0) is 28.1. The van der Waals surface area contributed by atoms with Crippen LogP contribution in [0.15, 0.2) is 36.4 Å². The molecule has 2 aromatic carbocycles. The molecule has 0 radical (unpaired) electrons. The summed E-state index contributed by atoms with van der Waals surface area (Å²) < 4.78 is 5.39. The highest BCUT2D eigenvalue weighted by atomic mass is 16.6. The SMILES string of the molecule is CCC(C)C(NC(=O)OC(C)(C)C)C(=O)N(C)C(C(=O)Nc1c(C)cccc1C)c1ccc(O)c(C)c1. The van der Waals surface area contributed by atoms with Gasteiger partial charge in [0.2, 0.25) is 5.91 Å². The predicted molar refractivity (Wildman–Crippen MR) is 146 cm³/mol. The van der Waals surface area contributed by atoms with Crippen LogP contribution in [-0.4, -0.2) is 46.6 Å². The maximum absolute atomic E-state index is 13.8. The maximum Gasteiger partial charge on any atom is 0.408 e. The molecule has 3 N–H and O–H groups in total. The molecule has 0 fully saturated rings. The molecule has 202 valence electrons. The van der Waals surface area contributed by atoms with Crippen LogP contribution >= 0.6 is 0 Å². The molecule has 3 unspecified atom stereocenters. The Hall–Kier alpha value is -3.55. The van der Waals surface area contributed by atoms with Gasteiger partial charge in [-0.05, 0) is 81.8 Å². The van der Waals surface area contributed by atoms with Crippen LogP contribution in [0.2, 0.25) is 0 Å². The van der Waals surface area contributed by atoms with Crippen molar-refractivity contribution in [1.82, 2.24) is 10.2 Å². The number of carbonyl (C=O) groups excluding carboxylic acids is 3. The van der Waals surface area contributed by atoms with Gasteiger partial charge in [-0.2, -0.15) is 0 Å². The average molecular weight is 512 g/mol. The summed E-state index contributed by atoms with van der Waals surface area (Å²) in [5.41, 5.74) is 2.86. The number of carbonyl (C=O) groups is 3. The number of nitrogens with zero attached hydrogens (tertiary/aromatic N) is 1. The van der Waals surface area contributed by atoms with Crippen LogP contribution in [0.4, 0.5) is 10.5 Å². The van der Waals surface area contributed by atoms with Crippen LogP contribution in [0.5, 0.6) is 5.75 Å². The van der Waals surface area contributed by atoms with E-state index in [0.717, 1.165) is 11.1 Å². The standard InChI is InChI=1S/C29H41N3O5/c1-10-17(2)24(31-28(36)37-29(6,7)8)27(35)32(9)25(21-14-15-22(33)20(5)16-21)26(34)30-23-18(3)12-11-13-19(23)4/h11-17,24-25,33H,10H2,1-9H3,(H,30,34)(H,31,36). The van der Waals surface area contributed by atoms with Crippen LogP contribution in [0, 0.1) is 26.7 Å². The monoisotopic (exact) mass is 511 g/mol. The molecule has 8 heteroatoms. The van der Waals surface area contributed by atoms with Crippen molar-refractivity contribution in [3.8, 4) is 5.75 Å². The summed E-state index contributed by atoms with van der Waals surface area (Å²) in [6.07, 6.45) is -0.0750.